The number of nitrogens with zero attached hydrogens (tertiary/aromatic N) is 1. The average molecular weight is 265 g/mol. The van der Waals surface area contributed by atoms with E-state index in [-0.39, 0.29) is 19.0 Å². The predicted octanol–water partition coefficient (Wildman–Crippen LogP) is 0.653. The van der Waals surface area contributed by atoms with Crippen LogP contribution in [0.25, 0.3) is 0 Å². The lowest BCUT2D eigenvalue weighted by Gasteiger charge is -2.15. The van der Waals surface area contributed by atoms with Crippen LogP contribution in [0.5, 0.6) is 5.75 Å². The standard InChI is InChI=1S/C14H19NO4/c1-2-7-19-11-5-3-10(4-6-11)14(18)15-8-12(16)13(17)9-15/h3-6,12-13,16-17H,2,7-9H2,1H3/t12-,13+. The smallest absolute Gasteiger partial charge is 0.254 e. The zero-order valence-electron chi connectivity index (χ0n) is 11.0. The van der Waals surface area contributed by atoms with Crippen LogP contribution in [0.15, 0.2) is 24.3 Å². The molecule has 0 aliphatic carbocycles. The predicted molar refractivity (Wildman–Crippen MR) is 70.1 cm³/mol. The Kier molecular flexibility index (Phi) is 4.39. The summed E-state index contributed by atoms with van der Waals surface area (Å²) in [6, 6.07) is 6.91. The zero-order chi connectivity index (χ0) is 13.8. The van der Waals surface area contributed by atoms with Crippen LogP contribution in [-0.2, 0) is 0 Å². The largest absolute Gasteiger partial charge is 0.494 e. The van der Waals surface area contributed by atoms with E-state index in [1.54, 1.807) is 24.3 Å². The minimum atomic E-state index is -0.851. The Morgan fingerprint density at radius 1 is 1.26 bits per heavy atom. The number of benzene rings is 1. The number of carbonyl (C=O) groups excluding carboxylic acids is 1. The summed E-state index contributed by atoms with van der Waals surface area (Å²) in [7, 11) is 0. The van der Waals surface area contributed by atoms with Gasteiger partial charge in [-0.2, -0.15) is 0 Å². The fourth-order valence-electron chi connectivity index (χ4n) is 2.03. The number of carbonyl (C=O) groups is 1. The van der Waals surface area contributed by atoms with Crippen molar-refractivity contribution in [3.05, 3.63) is 29.8 Å². The molecule has 19 heavy (non-hydrogen) atoms. The van der Waals surface area contributed by atoms with Crippen LogP contribution in [0.4, 0.5) is 0 Å². The quantitative estimate of drug-likeness (QED) is 0.838. The van der Waals surface area contributed by atoms with Crippen molar-refractivity contribution in [3.8, 4) is 5.75 Å². The van der Waals surface area contributed by atoms with E-state index in [0.29, 0.717) is 12.2 Å². The van der Waals surface area contributed by atoms with Crippen LogP contribution in [0.1, 0.15) is 23.7 Å². The molecule has 1 aromatic carbocycles. The highest BCUT2D eigenvalue weighted by atomic mass is 16.5. The molecule has 0 aromatic heterocycles. The first-order valence-corrected chi connectivity index (χ1v) is 6.50. The molecule has 1 fully saturated rings. The maximum atomic E-state index is 12.1. The fraction of sp³-hybridized carbons (Fsp3) is 0.500. The summed E-state index contributed by atoms with van der Waals surface area (Å²) < 4.78 is 5.44. The van der Waals surface area contributed by atoms with E-state index in [1.165, 1.54) is 4.90 Å². The summed E-state index contributed by atoms with van der Waals surface area (Å²) in [4.78, 5) is 13.6. The van der Waals surface area contributed by atoms with E-state index in [2.05, 4.69) is 0 Å². The van der Waals surface area contributed by atoms with Crippen molar-refractivity contribution in [2.75, 3.05) is 19.7 Å². The summed E-state index contributed by atoms with van der Waals surface area (Å²) >= 11 is 0. The number of aliphatic hydroxyl groups excluding tert-OH is 2. The van der Waals surface area contributed by atoms with Crippen LogP contribution >= 0.6 is 0 Å². The van der Waals surface area contributed by atoms with Gasteiger partial charge in [-0.1, -0.05) is 6.92 Å². The van der Waals surface area contributed by atoms with Gasteiger partial charge >= 0.3 is 0 Å². The molecule has 0 spiro atoms. The van der Waals surface area contributed by atoms with Crippen LogP contribution in [0, 0.1) is 0 Å². The molecule has 1 aliphatic rings. The van der Waals surface area contributed by atoms with Crippen LogP contribution in [-0.4, -0.2) is 52.9 Å². The Morgan fingerprint density at radius 2 is 1.84 bits per heavy atom. The Hall–Kier alpha value is -1.59. The van der Waals surface area contributed by atoms with Crippen LogP contribution in [0.3, 0.4) is 0 Å². The number of likely N-dealkylation sites (tertiary alicyclic amines) is 1. The Labute approximate surface area is 112 Å². The first-order valence-electron chi connectivity index (χ1n) is 6.50. The number of hydrogen-bond donors (Lipinski definition) is 2. The van der Waals surface area contributed by atoms with Crippen molar-refractivity contribution in [1.82, 2.24) is 4.90 Å². The van der Waals surface area contributed by atoms with Gasteiger partial charge in [-0.3, -0.25) is 4.79 Å². The first kappa shape index (κ1) is 13.8. The molecule has 0 unspecified atom stereocenters. The van der Waals surface area contributed by atoms with E-state index in [4.69, 9.17) is 4.74 Å². The maximum Gasteiger partial charge on any atom is 0.254 e. The topological polar surface area (TPSA) is 70.0 Å². The average Bonchev–Trinajstić information content (AvgIpc) is 2.76. The van der Waals surface area contributed by atoms with Crippen LogP contribution in [0.2, 0.25) is 0 Å². The summed E-state index contributed by atoms with van der Waals surface area (Å²) in [5.41, 5.74) is 0.533. The lowest BCUT2D eigenvalue weighted by Crippen LogP contribution is -2.29. The van der Waals surface area contributed by atoms with Gasteiger partial charge in [0.05, 0.1) is 18.8 Å². The van der Waals surface area contributed by atoms with Crippen molar-refractivity contribution < 1.29 is 19.7 Å². The molecule has 5 nitrogen and oxygen atoms in total. The highest BCUT2D eigenvalue weighted by Gasteiger charge is 2.32. The number of rotatable bonds is 4. The molecule has 0 radical (unpaired) electrons. The molecular formula is C14H19NO4. The summed E-state index contributed by atoms with van der Waals surface area (Å²) in [6.45, 7) is 3.03. The molecular weight excluding hydrogens is 246 g/mol. The van der Waals surface area contributed by atoms with E-state index >= 15 is 0 Å². The lowest BCUT2D eigenvalue weighted by atomic mass is 10.2. The second-order valence-electron chi connectivity index (χ2n) is 4.72. The van der Waals surface area contributed by atoms with Gasteiger partial charge < -0.3 is 19.8 Å². The third-order valence-electron chi connectivity index (χ3n) is 3.12. The number of amides is 1. The third-order valence-corrected chi connectivity index (χ3v) is 3.12. The molecule has 1 saturated heterocycles. The minimum absolute atomic E-state index is 0.175. The summed E-state index contributed by atoms with van der Waals surface area (Å²) in [5, 5.41) is 18.9. The van der Waals surface area contributed by atoms with Crippen molar-refractivity contribution in [3.63, 3.8) is 0 Å². The highest BCUT2D eigenvalue weighted by molar-refractivity contribution is 5.94. The second-order valence-corrected chi connectivity index (χ2v) is 4.72. The molecule has 1 aliphatic heterocycles. The highest BCUT2D eigenvalue weighted by Crippen LogP contribution is 2.17. The first-order chi connectivity index (χ1) is 9.11. The molecule has 5 heteroatoms. The fourth-order valence-corrected chi connectivity index (χ4v) is 2.03. The van der Waals surface area contributed by atoms with Gasteiger partial charge in [-0.15, -0.1) is 0 Å². The van der Waals surface area contributed by atoms with Gasteiger partial charge in [0.1, 0.15) is 5.75 Å². The van der Waals surface area contributed by atoms with Gasteiger partial charge in [-0.05, 0) is 30.7 Å². The molecule has 1 heterocycles. The second kappa shape index (κ2) is 6.04. The lowest BCUT2D eigenvalue weighted by molar-refractivity contribution is 0.0572. The van der Waals surface area contributed by atoms with Crippen molar-refractivity contribution in [2.45, 2.75) is 25.6 Å². The summed E-state index contributed by atoms with van der Waals surface area (Å²) in [5.74, 6) is 0.553. The number of hydrogen-bond acceptors (Lipinski definition) is 4. The maximum absolute atomic E-state index is 12.1. The van der Waals surface area contributed by atoms with Gasteiger partial charge in [-0.25, -0.2) is 0 Å². The van der Waals surface area contributed by atoms with Gasteiger partial charge in [0.25, 0.3) is 5.91 Å². The van der Waals surface area contributed by atoms with E-state index in [1.807, 2.05) is 6.92 Å². The van der Waals surface area contributed by atoms with E-state index < -0.39 is 12.2 Å². The SMILES string of the molecule is CCCOc1ccc(C(=O)N2C[C@@H](O)[C@@H](O)C2)cc1. The molecule has 0 saturated carbocycles. The Bertz CT molecular complexity index is 422. The molecule has 2 rings (SSSR count). The molecule has 2 atom stereocenters. The number of aliphatic hydroxyl groups is 2. The van der Waals surface area contributed by atoms with Gasteiger partial charge in [0.15, 0.2) is 0 Å². The zero-order valence-corrected chi connectivity index (χ0v) is 11.0. The monoisotopic (exact) mass is 265 g/mol. The van der Waals surface area contributed by atoms with E-state index in [0.717, 1.165) is 12.2 Å². The molecule has 104 valence electrons. The van der Waals surface area contributed by atoms with E-state index in [9.17, 15) is 15.0 Å². The van der Waals surface area contributed by atoms with Gasteiger partial charge in [0.2, 0.25) is 0 Å². The van der Waals surface area contributed by atoms with Crippen molar-refractivity contribution in [2.24, 2.45) is 0 Å². The number of ether oxygens (including phenoxy) is 1. The number of β-amino-alcohol motifs (C(OH)–C–C–N with tert-alkyl or cyclic N) is 2. The Balaban J connectivity index is 2.00. The molecule has 1 aromatic rings. The molecule has 0 bridgehead atoms. The molecule has 2 N–H and O–H groups in total. The normalized spacial score (nSPS) is 22.6. The molecule has 1 amide bonds. The summed E-state index contributed by atoms with van der Waals surface area (Å²) in [6.07, 6.45) is -0.767. The van der Waals surface area contributed by atoms with Crippen LogP contribution < -0.4 is 4.74 Å². The third kappa shape index (κ3) is 3.24. The van der Waals surface area contributed by atoms with Crippen molar-refractivity contribution in [1.29, 1.82) is 0 Å². The van der Waals surface area contributed by atoms with Crippen molar-refractivity contribution >= 4 is 5.91 Å². The Morgan fingerprint density at radius 3 is 2.37 bits per heavy atom. The minimum Gasteiger partial charge on any atom is -0.494 e. The van der Waals surface area contributed by atoms with Gasteiger partial charge in [0, 0.05) is 18.7 Å².